The summed E-state index contributed by atoms with van der Waals surface area (Å²) in [6.07, 6.45) is 0. The highest BCUT2D eigenvalue weighted by Gasteiger charge is 2.47. The summed E-state index contributed by atoms with van der Waals surface area (Å²) in [6, 6.07) is 59.1. The maximum Gasteiger partial charge on any atom is 0.0714 e. The molecule has 0 heterocycles. The molecular formula is C65H111N. The summed E-state index contributed by atoms with van der Waals surface area (Å²) in [5.74, 6) is 0. The van der Waals surface area contributed by atoms with Crippen LogP contribution in [0.25, 0.3) is 11.1 Å². The number of hydrogen-bond acceptors (Lipinski definition) is 1. The van der Waals surface area contributed by atoms with Gasteiger partial charge in [-0.1, -0.05) is 327 Å². The molecule has 6 aromatic carbocycles. The Morgan fingerprint density at radius 1 is 0.242 bits per heavy atom. The first-order chi connectivity index (χ1) is 32.9. The van der Waals surface area contributed by atoms with E-state index in [-0.39, 0.29) is 0 Å². The second kappa shape index (κ2) is 62.2. The molecule has 0 aliphatic heterocycles. The Bertz CT molecular complexity index is 1610. The van der Waals surface area contributed by atoms with E-state index in [1.54, 1.807) is 0 Å². The zero-order chi connectivity index (χ0) is 53.4. The van der Waals surface area contributed by atoms with Crippen LogP contribution in [0.2, 0.25) is 0 Å². The zero-order valence-electron chi connectivity index (χ0n) is 49.0. The quantitative estimate of drug-likeness (QED) is 0.166. The van der Waals surface area contributed by atoms with Crippen molar-refractivity contribution in [1.82, 2.24) is 0 Å². The van der Waals surface area contributed by atoms with Crippen LogP contribution in [0.3, 0.4) is 0 Å². The van der Waals surface area contributed by atoms with Crippen LogP contribution in [0, 0.1) is 0 Å². The van der Waals surface area contributed by atoms with E-state index >= 15 is 0 Å². The summed E-state index contributed by atoms with van der Waals surface area (Å²) < 4.78 is 0. The molecule has 0 saturated heterocycles. The first kappa shape index (κ1) is 78.3. The van der Waals surface area contributed by atoms with Crippen LogP contribution in [-0.2, 0) is 5.41 Å². The van der Waals surface area contributed by atoms with E-state index in [1.165, 1.54) is 39.1 Å². The van der Waals surface area contributed by atoms with Crippen molar-refractivity contribution in [3.63, 3.8) is 0 Å². The van der Waals surface area contributed by atoms with E-state index in [0.29, 0.717) is 0 Å². The molecule has 1 aliphatic carbocycles. The van der Waals surface area contributed by atoms with Crippen molar-refractivity contribution < 1.29 is 0 Å². The lowest BCUT2D eigenvalue weighted by Gasteiger charge is -2.34. The Labute approximate surface area is 416 Å². The molecule has 1 nitrogen and oxygen atoms in total. The number of para-hydroxylation sites is 2. The van der Waals surface area contributed by atoms with Crippen molar-refractivity contribution in [2.45, 2.75) is 199 Å². The molecule has 0 amide bonds. The van der Waals surface area contributed by atoms with Crippen LogP contribution in [0.1, 0.15) is 216 Å². The standard InChI is InChI=1S/C37H27N.14C2H6/c1-5-16-28(17-6-1)37(29-18-7-2-8-19-29)33-25-14-13-24-32(33)36-34(37)26-15-27-35(36)38(30-20-9-3-10-21-30)31-22-11-4-12-23-31;14*1-2/h1-27H;14*1-2H3. The van der Waals surface area contributed by atoms with Crippen LogP contribution >= 0.6 is 0 Å². The van der Waals surface area contributed by atoms with E-state index in [2.05, 4.69) is 169 Å². The molecule has 0 N–H and O–H groups in total. The lowest BCUT2D eigenvalue weighted by Crippen LogP contribution is -2.28. The number of nitrogens with zero attached hydrogens (tertiary/aromatic N) is 1. The summed E-state index contributed by atoms with van der Waals surface area (Å²) in [4.78, 5) is 2.39. The predicted octanol–water partition coefficient (Wildman–Crippen LogP) is 23.9. The van der Waals surface area contributed by atoms with Gasteiger partial charge in [-0.3, -0.25) is 0 Å². The van der Waals surface area contributed by atoms with Gasteiger partial charge in [-0.2, -0.15) is 0 Å². The van der Waals surface area contributed by atoms with Gasteiger partial charge in [0.15, 0.2) is 0 Å². The van der Waals surface area contributed by atoms with Gasteiger partial charge < -0.3 is 4.90 Å². The van der Waals surface area contributed by atoms with Crippen LogP contribution in [0.5, 0.6) is 0 Å². The predicted molar refractivity (Wildman–Crippen MR) is 317 cm³/mol. The number of hydrogen-bond donors (Lipinski definition) is 0. The molecule has 0 spiro atoms. The van der Waals surface area contributed by atoms with Crippen LogP contribution < -0.4 is 4.90 Å². The van der Waals surface area contributed by atoms with Gasteiger partial charge >= 0.3 is 0 Å². The minimum atomic E-state index is -0.413. The Kier molecular flexibility index (Phi) is 73.8. The highest BCUT2D eigenvalue weighted by atomic mass is 15.1. The summed E-state index contributed by atoms with van der Waals surface area (Å²) in [6.45, 7) is 56.0. The Hall–Kier alpha value is -4.88. The average Bonchev–Trinajstić information content (AvgIpc) is 3.79. The Balaban J connectivity index is -0.000000173. The molecule has 0 fully saturated rings. The summed E-state index contributed by atoms with van der Waals surface area (Å²) in [5.41, 5.74) is 10.8. The van der Waals surface area contributed by atoms with Gasteiger partial charge in [-0.25, -0.2) is 0 Å². The molecule has 0 aromatic heterocycles. The van der Waals surface area contributed by atoms with Gasteiger partial charge in [0.2, 0.25) is 0 Å². The fourth-order valence-corrected chi connectivity index (χ4v) is 6.24. The van der Waals surface area contributed by atoms with Gasteiger partial charge in [0.1, 0.15) is 0 Å². The fraction of sp³-hybridized carbons (Fsp3) is 0.446. The van der Waals surface area contributed by atoms with E-state index in [1.807, 2.05) is 194 Å². The normalized spacial score (nSPS) is 8.73. The second-order valence-corrected chi connectivity index (χ2v) is 9.73. The molecule has 376 valence electrons. The first-order valence-electron chi connectivity index (χ1n) is 27.1. The number of fused-ring (bicyclic) bond motifs is 3. The van der Waals surface area contributed by atoms with Crippen molar-refractivity contribution in [3.8, 4) is 11.1 Å². The van der Waals surface area contributed by atoms with E-state index in [4.69, 9.17) is 0 Å². The third-order valence-corrected chi connectivity index (χ3v) is 7.73. The SMILES string of the molecule is CC.CC.CC.CC.CC.CC.CC.CC.CC.CC.CC.CC.CC.CC.c1ccc(N(c2ccccc2)c2cccc3c2-c2ccccc2C3(c2ccccc2)c2ccccc2)cc1. The maximum absolute atomic E-state index is 2.39. The molecule has 0 saturated carbocycles. The third-order valence-electron chi connectivity index (χ3n) is 7.73. The lowest BCUT2D eigenvalue weighted by atomic mass is 9.68. The van der Waals surface area contributed by atoms with Gasteiger partial charge in [0.25, 0.3) is 0 Å². The fourth-order valence-electron chi connectivity index (χ4n) is 6.24. The van der Waals surface area contributed by atoms with Crippen LogP contribution in [-0.4, -0.2) is 0 Å². The van der Waals surface area contributed by atoms with Gasteiger partial charge in [0, 0.05) is 16.9 Å². The summed E-state index contributed by atoms with van der Waals surface area (Å²) in [5, 5.41) is 0. The Morgan fingerprint density at radius 2 is 0.500 bits per heavy atom. The molecule has 0 unspecified atom stereocenters. The van der Waals surface area contributed by atoms with Crippen molar-refractivity contribution in [2.24, 2.45) is 0 Å². The topological polar surface area (TPSA) is 3.24 Å². The van der Waals surface area contributed by atoms with Crippen molar-refractivity contribution in [3.05, 3.63) is 186 Å². The number of rotatable bonds is 5. The second-order valence-electron chi connectivity index (χ2n) is 9.73. The van der Waals surface area contributed by atoms with Crippen LogP contribution in [0.15, 0.2) is 164 Å². The largest absolute Gasteiger partial charge is 0.310 e. The molecular weight excluding hydrogens is 795 g/mol. The van der Waals surface area contributed by atoms with Gasteiger partial charge in [-0.15, -0.1) is 0 Å². The molecule has 1 heteroatoms. The van der Waals surface area contributed by atoms with Crippen molar-refractivity contribution >= 4 is 17.1 Å². The lowest BCUT2D eigenvalue weighted by molar-refractivity contribution is 0.768. The third kappa shape index (κ3) is 23.5. The summed E-state index contributed by atoms with van der Waals surface area (Å²) in [7, 11) is 0. The molecule has 6 aromatic rings. The monoisotopic (exact) mass is 906 g/mol. The Morgan fingerprint density at radius 3 is 0.818 bits per heavy atom. The smallest absolute Gasteiger partial charge is 0.0714 e. The molecule has 66 heavy (non-hydrogen) atoms. The number of anilines is 3. The van der Waals surface area contributed by atoms with Crippen molar-refractivity contribution in [2.75, 3.05) is 4.90 Å². The van der Waals surface area contributed by atoms with E-state index in [9.17, 15) is 0 Å². The molecule has 0 radical (unpaired) electrons. The highest BCUT2D eigenvalue weighted by Crippen LogP contribution is 2.59. The minimum absolute atomic E-state index is 0.413. The summed E-state index contributed by atoms with van der Waals surface area (Å²) >= 11 is 0. The van der Waals surface area contributed by atoms with Gasteiger partial charge in [0.05, 0.1) is 11.1 Å². The van der Waals surface area contributed by atoms with Gasteiger partial charge in [-0.05, 0) is 58.1 Å². The first-order valence-corrected chi connectivity index (χ1v) is 27.1. The van der Waals surface area contributed by atoms with E-state index in [0.717, 1.165) is 11.4 Å². The number of benzene rings is 6. The van der Waals surface area contributed by atoms with Crippen LogP contribution in [0.4, 0.5) is 17.1 Å². The minimum Gasteiger partial charge on any atom is -0.310 e. The zero-order valence-corrected chi connectivity index (χ0v) is 49.0. The van der Waals surface area contributed by atoms with E-state index < -0.39 is 5.41 Å². The average molecular weight is 907 g/mol. The molecule has 0 atom stereocenters. The maximum atomic E-state index is 2.39. The highest BCUT2D eigenvalue weighted by molar-refractivity contribution is 5.97. The molecule has 7 rings (SSSR count). The van der Waals surface area contributed by atoms with Crippen molar-refractivity contribution in [1.29, 1.82) is 0 Å². The molecule has 0 bridgehead atoms. The molecule has 1 aliphatic rings.